The maximum atomic E-state index is 4.49. The molecule has 0 aliphatic rings. The predicted octanol–water partition coefficient (Wildman–Crippen LogP) is 4.22. The number of allylic oxidation sites excluding steroid dienone is 2. The maximum Gasteiger partial charge on any atom is 0.00732 e. The van der Waals surface area contributed by atoms with Crippen LogP contribution in [0.1, 0.15) is 53.4 Å². The standard InChI is InChI=1S/C11H22S/c1-5-7-10(2)8-6-9-11(3,4)12/h7,12H,5-6,8-9H2,1-4H3/b10-7+. The number of thiol groups is 1. The van der Waals surface area contributed by atoms with Gasteiger partial charge < -0.3 is 0 Å². The van der Waals surface area contributed by atoms with E-state index in [9.17, 15) is 0 Å². The molecule has 12 heavy (non-hydrogen) atoms. The molecule has 0 N–H and O–H groups in total. The topological polar surface area (TPSA) is 0 Å². The highest BCUT2D eigenvalue weighted by atomic mass is 32.1. The van der Waals surface area contributed by atoms with E-state index in [1.807, 2.05) is 0 Å². The molecular formula is C11H22S. The van der Waals surface area contributed by atoms with Gasteiger partial charge in [-0.25, -0.2) is 0 Å². The normalized spacial score (nSPS) is 13.6. The third-order valence-corrected chi connectivity index (χ3v) is 2.14. The van der Waals surface area contributed by atoms with Crippen molar-refractivity contribution in [3.8, 4) is 0 Å². The summed E-state index contributed by atoms with van der Waals surface area (Å²) in [6, 6.07) is 0. The van der Waals surface area contributed by atoms with Gasteiger partial charge in [-0.2, -0.15) is 12.6 Å². The van der Waals surface area contributed by atoms with E-state index in [0.29, 0.717) is 0 Å². The van der Waals surface area contributed by atoms with E-state index in [0.717, 1.165) is 6.42 Å². The highest BCUT2D eigenvalue weighted by Gasteiger charge is 2.09. The Balaban J connectivity index is 3.50. The Kier molecular flexibility index (Phi) is 5.73. The van der Waals surface area contributed by atoms with E-state index in [2.05, 4.69) is 46.4 Å². The van der Waals surface area contributed by atoms with Crippen molar-refractivity contribution in [2.24, 2.45) is 0 Å². The highest BCUT2D eigenvalue weighted by molar-refractivity contribution is 7.81. The van der Waals surface area contributed by atoms with Crippen LogP contribution in [0.3, 0.4) is 0 Å². The molecule has 72 valence electrons. The number of hydrogen-bond acceptors (Lipinski definition) is 1. The van der Waals surface area contributed by atoms with E-state index >= 15 is 0 Å². The first kappa shape index (κ1) is 12.1. The van der Waals surface area contributed by atoms with Crippen LogP contribution in [0, 0.1) is 0 Å². The zero-order chi connectivity index (χ0) is 9.61. The van der Waals surface area contributed by atoms with Crippen molar-refractivity contribution < 1.29 is 0 Å². The molecule has 0 unspecified atom stereocenters. The van der Waals surface area contributed by atoms with Crippen LogP contribution in [0.5, 0.6) is 0 Å². The van der Waals surface area contributed by atoms with Crippen LogP contribution in [-0.2, 0) is 0 Å². The number of hydrogen-bond donors (Lipinski definition) is 1. The van der Waals surface area contributed by atoms with Crippen molar-refractivity contribution >= 4 is 12.6 Å². The van der Waals surface area contributed by atoms with Gasteiger partial charge in [-0.15, -0.1) is 0 Å². The van der Waals surface area contributed by atoms with E-state index < -0.39 is 0 Å². The fourth-order valence-electron chi connectivity index (χ4n) is 1.25. The van der Waals surface area contributed by atoms with Crippen molar-refractivity contribution in [2.75, 3.05) is 0 Å². The van der Waals surface area contributed by atoms with Gasteiger partial charge in [-0.05, 0) is 32.6 Å². The van der Waals surface area contributed by atoms with Gasteiger partial charge in [0.25, 0.3) is 0 Å². The van der Waals surface area contributed by atoms with Gasteiger partial charge in [-0.1, -0.05) is 32.4 Å². The Labute approximate surface area is 82.9 Å². The van der Waals surface area contributed by atoms with Crippen molar-refractivity contribution in [3.63, 3.8) is 0 Å². The summed E-state index contributed by atoms with van der Waals surface area (Å²) in [7, 11) is 0. The average molecular weight is 186 g/mol. The Morgan fingerprint density at radius 1 is 1.42 bits per heavy atom. The summed E-state index contributed by atoms with van der Waals surface area (Å²) in [6.07, 6.45) is 7.17. The van der Waals surface area contributed by atoms with Crippen LogP contribution in [0.15, 0.2) is 11.6 Å². The van der Waals surface area contributed by atoms with Crippen LogP contribution in [0.4, 0.5) is 0 Å². The van der Waals surface area contributed by atoms with Crippen LogP contribution in [-0.4, -0.2) is 4.75 Å². The quantitative estimate of drug-likeness (QED) is 0.482. The molecule has 0 aromatic rings. The molecule has 0 heterocycles. The van der Waals surface area contributed by atoms with Crippen LogP contribution in [0.2, 0.25) is 0 Å². The Morgan fingerprint density at radius 3 is 2.42 bits per heavy atom. The maximum absolute atomic E-state index is 4.49. The first-order valence-corrected chi connectivity index (χ1v) is 5.28. The summed E-state index contributed by atoms with van der Waals surface area (Å²) in [6.45, 7) is 8.75. The smallest absolute Gasteiger partial charge is 0.00732 e. The van der Waals surface area contributed by atoms with Crippen molar-refractivity contribution in [1.82, 2.24) is 0 Å². The largest absolute Gasteiger partial charge is 0.173 e. The Bertz CT molecular complexity index is 140. The molecule has 0 atom stereocenters. The minimum absolute atomic E-state index is 0.201. The molecule has 0 saturated heterocycles. The minimum Gasteiger partial charge on any atom is -0.173 e. The van der Waals surface area contributed by atoms with E-state index in [-0.39, 0.29) is 4.75 Å². The van der Waals surface area contributed by atoms with Gasteiger partial charge in [-0.3, -0.25) is 0 Å². The fraction of sp³-hybridized carbons (Fsp3) is 0.818. The van der Waals surface area contributed by atoms with Gasteiger partial charge in [0.15, 0.2) is 0 Å². The van der Waals surface area contributed by atoms with Gasteiger partial charge in [0, 0.05) is 4.75 Å². The molecule has 0 fully saturated rings. The van der Waals surface area contributed by atoms with E-state index in [1.165, 1.54) is 24.8 Å². The summed E-state index contributed by atoms with van der Waals surface area (Å²) >= 11 is 4.49. The van der Waals surface area contributed by atoms with Gasteiger partial charge in [0.1, 0.15) is 0 Å². The lowest BCUT2D eigenvalue weighted by molar-refractivity contribution is 0.603. The van der Waals surface area contributed by atoms with Gasteiger partial charge >= 0.3 is 0 Å². The van der Waals surface area contributed by atoms with Crippen molar-refractivity contribution in [3.05, 3.63) is 11.6 Å². The van der Waals surface area contributed by atoms with Crippen molar-refractivity contribution in [1.29, 1.82) is 0 Å². The van der Waals surface area contributed by atoms with E-state index in [4.69, 9.17) is 0 Å². The number of rotatable bonds is 5. The summed E-state index contributed by atoms with van der Waals surface area (Å²) in [5, 5.41) is 0. The van der Waals surface area contributed by atoms with Gasteiger partial charge in [0.2, 0.25) is 0 Å². The molecular weight excluding hydrogens is 164 g/mol. The molecule has 0 aromatic heterocycles. The molecule has 0 spiro atoms. The molecule has 0 bridgehead atoms. The van der Waals surface area contributed by atoms with Crippen LogP contribution < -0.4 is 0 Å². The summed E-state index contributed by atoms with van der Waals surface area (Å²) in [4.78, 5) is 0. The molecule has 0 radical (unpaired) electrons. The lowest BCUT2D eigenvalue weighted by atomic mass is 10.0. The van der Waals surface area contributed by atoms with Crippen LogP contribution >= 0.6 is 12.6 Å². The minimum atomic E-state index is 0.201. The SMILES string of the molecule is CC/C=C(\C)CCCC(C)(C)S. The second-order valence-electron chi connectivity index (χ2n) is 4.12. The van der Waals surface area contributed by atoms with Crippen molar-refractivity contribution in [2.45, 2.75) is 58.1 Å². The molecule has 0 aromatic carbocycles. The van der Waals surface area contributed by atoms with Gasteiger partial charge in [0.05, 0.1) is 0 Å². The molecule has 0 nitrogen and oxygen atoms in total. The first-order chi connectivity index (χ1) is 5.45. The molecule has 1 heteroatoms. The Morgan fingerprint density at radius 2 is 2.00 bits per heavy atom. The monoisotopic (exact) mass is 186 g/mol. The fourth-order valence-corrected chi connectivity index (χ4v) is 1.41. The zero-order valence-electron chi connectivity index (χ0n) is 8.85. The second-order valence-corrected chi connectivity index (χ2v) is 5.34. The third kappa shape index (κ3) is 8.19. The highest BCUT2D eigenvalue weighted by Crippen LogP contribution is 2.21. The lowest BCUT2D eigenvalue weighted by Gasteiger charge is -2.16. The lowest BCUT2D eigenvalue weighted by Crippen LogP contribution is -2.09. The molecule has 0 aliphatic carbocycles. The molecule has 0 amide bonds. The average Bonchev–Trinajstić information content (AvgIpc) is 1.84. The summed E-state index contributed by atoms with van der Waals surface area (Å²) in [5.41, 5.74) is 1.52. The third-order valence-electron chi connectivity index (χ3n) is 1.91. The zero-order valence-corrected chi connectivity index (χ0v) is 9.75. The molecule has 0 aliphatic heterocycles. The summed E-state index contributed by atoms with van der Waals surface area (Å²) in [5.74, 6) is 0. The van der Waals surface area contributed by atoms with Crippen LogP contribution in [0.25, 0.3) is 0 Å². The second kappa shape index (κ2) is 5.69. The molecule has 0 saturated carbocycles. The molecule has 0 rings (SSSR count). The van der Waals surface area contributed by atoms with E-state index in [1.54, 1.807) is 0 Å². The summed E-state index contributed by atoms with van der Waals surface area (Å²) < 4.78 is 0.201. The first-order valence-electron chi connectivity index (χ1n) is 4.83. The Hall–Kier alpha value is 0.0900. The predicted molar refractivity (Wildman–Crippen MR) is 61.0 cm³/mol.